The zero-order valence-corrected chi connectivity index (χ0v) is 10.3. The van der Waals surface area contributed by atoms with Crippen LogP contribution in [0.5, 0.6) is 0 Å². The average molecular weight is 251 g/mol. The second kappa shape index (κ2) is 7.46. The van der Waals surface area contributed by atoms with Crippen molar-refractivity contribution in [2.45, 2.75) is 32.2 Å². The van der Waals surface area contributed by atoms with Gasteiger partial charge in [0.15, 0.2) is 0 Å². The SMILES string of the molecule is CCCN(CC(=O)O)CC(=O)NC1CC1.Cl. The van der Waals surface area contributed by atoms with Gasteiger partial charge in [-0.3, -0.25) is 14.5 Å². The van der Waals surface area contributed by atoms with E-state index >= 15 is 0 Å². The summed E-state index contributed by atoms with van der Waals surface area (Å²) in [5.41, 5.74) is 0. The van der Waals surface area contributed by atoms with Gasteiger partial charge in [0.05, 0.1) is 13.1 Å². The zero-order chi connectivity index (χ0) is 11.3. The fraction of sp³-hybridized carbons (Fsp3) is 0.800. The molecule has 0 bridgehead atoms. The Kier molecular flexibility index (Phi) is 7.08. The molecule has 1 saturated carbocycles. The van der Waals surface area contributed by atoms with Crippen molar-refractivity contribution in [1.29, 1.82) is 0 Å². The molecule has 1 rings (SSSR count). The molecule has 1 aliphatic carbocycles. The average Bonchev–Trinajstić information content (AvgIpc) is 2.86. The van der Waals surface area contributed by atoms with Gasteiger partial charge in [0.1, 0.15) is 0 Å². The Morgan fingerprint density at radius 3 is 2.44 bits per heavy atom. The highest BCUT2D eigenvalue weighted by Crippen LogP contribution is 2.18. The number of rotatable bonds is 7. The number of amides is 1. The van der Waals surface area contributed by atoms with Crippen LogP contribution in [-0.4, -0.2) is 47.6 Å². The van der Waals surface area contributed by atoms with Gasteiger partial charge < -0.3 is 10.4 Å². The van der Waals surface area contributed by atoms with E-state index in [-0.39, 0.29) is 31.4 Å². The van der Waals surface area contributed by atoms with E-state index in [1.54, 1.807) is 4.90 Å². The minimum Gasteiger partial charge on any atom is -0.480 e. The lowest BCUT2D eigenvalue weighted by atomic mass is 10.3. The van der Waals surface area contributed by atoms with Crippen LogP contribution in [0.2, 0.25) is 0 Å². The van der Waals surface area contributed by atoms with Gasteiger partial charge in [-0.15, -0.1) is 12.4 Å². The summed E-state index contributed by atoms with van der Waals surface area (Å²) in [5, 5.41) is 11.5. The second-order valence-electron chi connectivity index (χ2n) is 3.95. The number of nitrogens with zero attached hydrogens (tertiary/aromatic N) is 1. The van der Waals surface area contributed by atoms with E-state index in [1.807, 2.05) is 6.92 Å². The molecule has 2 N–H and O–H groups in total. The van der Waals surface area contributed by atoms with Gasteiger partial charge in [-0.25, -0.2) is 0 Å². The third-order valence-electron chi connectivity index (χ3n) is 2.21. The summed E-state index contributed by atoms with van der Waals surface area (Å²) in [7, 11) is 0. The van der Waals surface area contributed by atoms with Crippen molar-refractivity contribution in [3.8, 4) is 0 Å². The van der Waals surface area contributed by atoms with Crippen LogP contribution in [0.3, 0.4) is 0 Å². The van der Waals surface area contributed by atoms with Gasteiger partial charge in [0.25, 0.3) is 0 Å². The van der Waals surface area contributed by atoms with Crippen LogP contribution in [0.1, 0.15) is 26.2 Å². The Labute approximate surface area is 102 Å². The van der Waals surface area contributed by atoms with E-state index < -0.39 is 5.97 Å². The van der Waals surface area contributed by atoms with Crippen LogP contribution < -0.4 is 5.32 Å². The van der Waals surface area contributed by atoms with Gasteiger partial charge in [-0.2, -0.15) is 0 Å². The maximum Gasteiger partial charge on any atom is 0.317 e. The Balaban J connectivity index is 0.00000225. The predicted octanol–water partition coefficient (Wildman–Crippen LogP) is 0.483. The first-order valence-corrected chi connectivity index (χ1v) is 5.35. The molecule has 1 aliphatic rings. The fourth-order valence-corrected chi connectivity index (χ4v) is 1.43. The highest BCUT2D eigenvalue weighted by atomic mass is 35.5. The number of carbonyl (C=O) groups is 2. The normalized spacial score (nSPS) is 14.4. The first-order chi connectivity index (χ1) is 7.11. The van der Waals surface area contributed by atoms with Gasteiger partial charge in [0, 0.05) is 6.04 Å². The monoisotopic (exact) mass is 250 g/mol. The molecule has 0 saturated heterocycles. The van der Waals surface area contributed by atoms with E-state index in [9.17, 15) is 9.59 Å². The largest absolute Gasteiger partial charge is 0.480 e. The highest BCUT2D eigenvalue weighted by molar-refractivity contribution is 5.85. The molecule has 0 aromatic rings. The molecule has 0 heterocycles. The Hall–Kier alpha value is -0.810. The third kappa shape index (κ3) is 6.63. The van der Waals surface area contributed by atoms with E-state index in [4.69, 9.17) is 5.11 Å². The molecule has 1 fully saturated rings. The van der Waals surface area contributed by atoms with Crippen LogP contribution in [-0.2, 0) is 9.59 Å². The van der Waals surface area contributed by atoms with Crippen LogP contribution in [0, 0.1) is 0 Å². The van der Waals surface area contributed by atoms with Crippen LogP contribution in [0.15, 0.2) is 0 Å². The van der Waals surface area contributed by atoms with Crippen molar-refractivity contribution >= 4 is 24.3 Å². The Morgan fingerprint density at radius 1 is 1.38 bits per heavy atom. The van der Waals surface area contributed by atoms with Gasteiger partial charge in [-0.1, -0.05) is 6.92 Å². The molecule has 5 nitrogen and oxygen atoms in total. The summed E-state index contributed by atoms with van der Waals surface area (Å²) in [4.78, 5) is 23.6. The number of hydrogen-bond donors (Lipinski definition) is 2. The summed E-state index contributed by atoms with van der Waals surface area (Å²) in [6, 6.07) is 0.339. The molecule has 0 radical (unpaired) electrons. The van der Waals surface area contributed by atoms with Crippen molar-refractivity contribution < 1.29 is 14.7 Å². The Bertz CT molecular complexity index is 244. The number of carbonyl (C=O) groups excluding carboxylic acids is 1. The highest BCUT2D eigenvalue weighted by Gasteiger charge is 2.24. The second-order valence-corrected chi connectivity index (χ2v) is 3.95. The van der Waals surface area contributed by atoms with E-state index in [2.05, 4.69) is 5.32 Å². The molecule has 0 unspecified atom stereocenters. The third-order valence-corrected chi connectivity index (χ3v) is 2.21. The van der Waals surface area contributed by atoms with E-state index in [1.165, 1.54) is 0 Å². The lowest BCUT2D eigenvalue weighted by molar-refractivity contribution is -0.138. The topological polar surface area (TPSA) is 69.6 Å². The smallest absolute Gasteiger partial charge is 0.317 e. The lowest BCUT2D eigenvalue weighted by Gasteiger charge is -2.18. The molecule has 0 spiro atoms. The summed E-state index contributed by atoms with van der Waals surface area (Å²) in [6.07, 6.45) is 2.96. The predicted molar refractivity (Wildman–Crippen MR) is 62.8 cm³/mol. The van der Waals surface area contributed by atoms with Crippen LogP contribution >= 0.6 is 12.4 Å². The molecule has 1 amide bonds. The molecular weight excluding hydrogens is 232 g/mol. The lowest BCUT2D eigenvalue weighted by Crippen LogP contribution is -2.40. The van der Waals surface area contributed by atoms with Crippen molar-refractivity contribution in [2.24, 2.45) is 0 Å². The van der Waals surface area contributed by atoms with E-state index in [0.717, 1.165) is 19.3 Å². The van der Waals surface area contributed by atoms with Crippen molar-refractivity contribution in [1.82, 2.24) is 10.2 Å². The van der Waals surface area contributed by atoms with E-state index in [0.29, 0.717) is 12.6 Å². The molecule has 6 heteroatoms. The Morgan fingerprint density at radius 2 is 2.00 bits per heavy atom. The van der Waals surface area contributed by atoms with Crippen molar-refractivity contribution in [3.63, 3.8) is 0 Å². The number of halogens is 1. The standard InChI is InChI=1S/C10H18N2O3.ClH/c1-2-5-12(7-10(14)15)6-9(13)11-8-3-4-8;/h8H,2-7H2,1H3,(H,11,13)(H,14,15);1H. The minimum atomic E-state index is -0.886. The molecule has 0 atom stereocenters. The quantitative estimate of drug-likeness (QED) is 0.690. The number of carboxylic acids is 1. The van der Waals surface area contributed by atoms with Crippen LogP contribution in [0.25, 0.3) is 0 Å². The first-order valence-electron chi connectivity index (χ1n) is 5.35. The minimum absolute atomic E-state index is 0. The van der Waals surface area contributed by atoms with Crippen molar-refractivity contribution in [2.75, 3.05) is 19.6 Å². The molecule has 0 aliphatic heterocycles. The van der Waals surface area contributed by atoms with Crippen LogP contribution in [0.4, 0.5) is 0 Å². The van der Waals surface area contributed by atoms with Crippen molar-refractivity contribution in [3.05, 3.63) is 0 Å². The molecule has 16 heavy (non-hydrogen) atoms. The van der Waals surface area contributed by atoms with Gasteiger partial charge >= 0.3 is 5.97 Å². The maximum atomic E-state index is 11.4. The molecule has 0 aromatic heterocycles. The molecule has 0 aromatic carbocycles. The number of aliphatic carboxylic acids is 1. The number of carboxylic acid groups (broad SMARTS) is 1. The zero-order valence-electron chi connectivity index (χ0n) is 9.44. The fourth-order valence-electron chi connectivity index (χ4n) is 1.43. The summed E-state index contributed by atoms with van der Waals surface area (Å²) < 4.78 is 0. The number of nitrogens with one attached hydrogen (secondary N) is 1. The first kappa shape index (κ1) is 15.2. The van der Waals surface area contributed by atoms with Gasteiger partial charge in [0.2, 0.25) is 5.91 Å². The summed E-state index contributed by atoms with van der Waals surface area (Å²) in [6.45, 7) is 2.74. The number of hydrogen-bond acceptors (Lipinski definition) is 3. The molecular formula is C10H19ClN2O3. The summed E-state index contributed by atoms with van der Waals surface area (Å²) >= 11 is 0. The van der Waals surface area contributed by atoms with Gasteiger partial charge in [-0.05, 0) is 25.8 Å². The summed E-state index contributed by atoms with van der Waals surface area (Å²) in [5.74, 6) is -0.949. The molecule has 94 valence electrons. The maximum absolute atomic E-state index is 11.4.